The van der Waals surface area contributed by atoms with Gasteiger partial charge in [0.2, 0.25) is 5.95 Å². The standard InChI is InChI=1S/C11H20N4O/c1-5-7-12-10-13-9(8(3)4)14-11(15-10)16-6-2/h8H,5-7H2,1-4H3,(H,12,13,14,15). The molecule has 5 heteroatoms. The normalized spacial score (nSPS) is 10.6. The highest BCUT2D eigenvalue weighted by atomic mass is 16.5. The van der Waals surface area contributed by atoms with Crippen molar-refractivity contribution in [2.24, 2.45) is 0 Å². The molecule has 1 aromatic heterocycles. The van der Waals surface area contributed by atoms with Crippen LogP contribution in [0.4, 0.5) is 5.95 Å². The van der Waals surface area contributed by atoms with Crippen LogP contribution in [0.2, 0.25) is 0 Å². The maximum absolute atomic E-state index is 5.32. The second-order valence-electron chi connectivity index (χ2n) is 3.81. The number of nitrogens with one attached hydrogen (secondary N) is 1. The Kier molecular flexibility index (Phi) is 4.95. The highest BCUT2D eigenvalue weighted by molar-refractivity contribution is 5.26. The largest absolute Gasteiger partial charge is 0.464 e. The molecule has 0 aromatic carbocycles. The number of nitrogens with zero attached hydrogens (tertiary/aromatic N) is 3. The first-order valence-corrected chi connectivity index (χ1v) is 5.80. The minimum Gasteiger partial charge on any atom is -0.464 e. The van der Waals surface area contributed by atoms with Crippen LogP contribution in [0.5, 0.6) is 6.01 Å². The molecule has 0 spiro atoms. The molecule has 5 nitrogen and oxygen atoms in total. The fourth-order valence-corrected chi connectivity index (χ4v) is 1.14. The van der Waals surface area contributed by atoms with Gasteiger partial charge in [-0.3, -0.25) is 0 Å². The van der Waals surface area contributed by atoms with Crippen molar-refractivity contribution in [3.8, 4) is 6.01 Å². The molecule has 0 fully saturated rings. The van der Waals surface area contributed by atoms with Crippen LogP contribution >= 0.6 is 0 Å². The summed E-state index contributed by atoms with van der Waals surface area (Å²) in [5.41, 5.74) is 0. The lowest BCUT2D eigenvalue weighted by Crippen LogP contribution is -2.10. The number of ether oxygens (including phenoxy) is 1. The van der Waals surface area contributed by atoms with E-state index in [1.165, 1.54) is 0 Å². The maximum atomic E-state index is 5.32. The van der Waals surface area contributed by atoms with Crippen LogP contribution in [0.1, 0.15) is 45.9 Å². The van der Waals surface area contributed by atoms with E-state index < -0.39 is 0 Å². The lowest BCUT2D eigenvalue weighted by molar-refractivity contribution is 0.309. The molecule has 1 heterocycles. The van der Waals surface area contributed by atoms with Gasteiger partial charge in [0.05, 0.1) is 6.61 Å². The predicted molar refractivity (Wildman–Crippen MR) is 63.9 cm³/mol. The molecule has 0 aliphatic rings. The van der Waals surface area contributed by atoms with Gasteiger partial charge in [-0.2, -0.15) is 15.0 Å². The van der Waals surface area contributed by atoms with E-state index in [9.17, 15) is 0 Å². The zero-order valence-corrected chi connectivity index (χ0v) is 10.4. The van der Waals surface area contributed by atoms with Gasteiger partial charge in [0.1, 0.15) is 5.82 Å². The highest BCUT2D eigenvalue weighted by Crippen LogP contribution is 2.14. The van der Waals surface area contributed by atoms with Gasteiger partial charge in [-0.25, -0.2) is 0 Å². The van der Waals surface area contributed by atoms with E-state index in [0.717, 1.165) is 18.8 Å². The number of hydrogen-bond acceptors (Lipinski definition) is 5. The first kappa shape index (κ1) is 12.7. The zero-order chi connectivity index (χ0) is 12.0. The van der Waals surface area contributed by atoms with Crippen molar-refractivity contribution < 1.29 is 4.74 Å². The highest BCUT2D eigenvalue weighted by Gasteiger charge is 2.09. The van der Waals surface area contributed by atoms with Crippen molar-refractivity contribution >= 4 is 5.95 Å². The van der Waals surface area contributed by atoms with E-state index >= 15 is 0 Å². The monoisotopic (exact) mass is 224 g/mol. The number of hydrogen-bond donors (Lipinski definition) is 1. The molecule has 0 saturated heterocycles. The Morgan fingerprint density at radius 2 is 1.94 bits per heavy atom. The minimum atomic E-state index is 0.268. The number of anilines is 1. The van der Waals surface area contributed by atoms with Crippen LogP contribution < -0.4 is 10.1 Å². The molecule has 0 bridgehead atoms. The van der Waals surface area contributed by atoms with E-state index in [1.54, 1.807) is 0 Å². The summed E-state index contributed by atoms with van der Waals surface area (Å²) in [7, 11) is 0. The minimum absolute atomic E-state index is 0.268. The van der Waals surface area contributed by atoms with E-state index in [2.05, 4.69) is 41.0 Å². The van der Waals surface area contributed by atoms with E-state index in [0.29, 0.717) is 18.6 Å². The molecule has 16 heavy (non-hydrogen) atoms. The topological polar surface area (TPSA) is 59.9 Å². The molecule has 0 saturated carbocycles. The molecule has 1 aromatic rings. The summed E-state index contributed by atoms with van der Waals surface area (Å²) >= 11 is 0. The van der Waals surface area contributed by atoms with Gasteiger partial charge in [-0.05, 0) is 13.3 Å². The van der Waals surface area contributed by atoms with Gasteiger partial charge < -0.3 is 10.1 Å². The molecule has 0 aliphatic heterocycles. The Labute approximate surface area is 96.7 Å². The maximum Gasteiger partial charge on any atom is 0.321 e. The first-order valence-electron chi connectivity index (χ1n) is 5.80. The van der Waals surface area contributed by atoms with Crippen LogP contribution in [0.15, 0.2) is 0 Å². The van der Waals surface area contributed by atoms with Crippen LogP contribution in [0, 0.1) is 0 Å². The summed E-state index contributed by atoms with van der Waals surface area (Å²) in [5.74, 6) is 1.63. The molecule has 0 aliphatic carbocycles. The predicted octanol–water partition coefficient (Wildman–Crippen LogP) is 2.22. The molecule has 0 unspecified atom stereocenters. The number of aromatic nitrogens is 3. The molecular formula is C11H20N4O. The Hall–Kier alpha value is -1.39. The lowest BCUT2D eigenvalue weighted by atomic mass is 10.2. The van der Waals surface area contributed by atoms with E-state index in [-0.39, 0.29) is 5.92 Å². The molecule has 0 amide bonds. The quantitative estimate of drug-likeness (QED) is 0.802. The molecule has 1 rings (SSSR count). The fourth-order valence-electron chi connectivity index (χ4n) is 1.14. The summed E-state index contributed by atoms with van der Waals surface area (Å²) in [6.07, 6.45) is 1.03. The van der Waals surface area contributed by atoms with Gasteiger partial charge in [0.25, 0.3) is 0 Å². The summed E-state index contributed by atoms with van der Waals surface area (Å²) in [6.45, 7) is 9.53. The third kappa shape index (κ3) is 3.64. The van der Waals surface area contributed by atoms with Gasteiger partial charge in [-0.1, -0.05) is 20.8 Å². The summed E-state index contributed by atoms with van der Waals surface area (Å²) in [6, 6.07) is 0.403. The molecule has 0 atom stereocenters. The Morgan fingerprint density at radius 3 is 2.50 bits per heavy atom. The summed E-state index contributed by atoms with van der Waals surface area (Å²) < 4.78 is 5.32. The SMILES string of the molecule is CCCNc1nc(OCC)nc(C(C)C)n1. The van der Waals surface area contributed by atoms with Crippen LogP contribution in [0.25, 0.3) is 0 Å². The summed E-state index contributed by atoms with van der Waals surface area (Å²) in [5, 5.41) is 3.15. The van der Waals surface area contributed by atoms with Crippen molar-refractivity contribution in [1.82, 2.24) is 15.0 Å². The van der Waals surface area contributed by atoms with E-state index in [1.807, 2.05) is 6.92 Å². The average Bonchev–Trinajstić information content (AvgIpc) is 2.26. The average molecular weight is 224 g/mol. The van der Waals surface area contributed by atoms with Crippen molar-refractivity contribution in [3.63, 3.8) is 0 Å². The third-order valence-corrected chi connectivity index (χ3v) is 1.96. The fraction of sp³-hybridized carbons (Fsp3) is 0.727. The van der Waals surface area contributed by atoms with Crippen LogP contribution in [0.3, 0.4) is 0 Å². The number of rotatable bonds is 6. The summed E-state index contributed by atoms with van der Waals surface area (Å²) in [4.78, 5) is 12.8. The second kappa shape index (κ2) is 6.25. The van der Waals surface area contributed by atoms with Crippen molar-refractivity contribution in [1.29, 1.82) is 0 Å². The molecule has 90 valence electrons. The van der Waals surface area contributed by atoms with Gasteiger partial charge in [0.15, 0.2) is 0 Å². The van der Waals surface area contributed by atoms with Gasteiger partial charge in [-0.15, -0.1) is 0 Å². The Balaban J connectivity index is 2.89. The van der Waals surface area contributed by atoms with Gasteiger partial charge >= 0.3 is 6.01 Å². The lowest BCUT2D eigenvalue weighted by Gasteiger charge is -2.09. The van der Waals surface area contributed by atoms with Crippen molar-refractivity contribution in [3.05, 3.63) is 5.82 Å². The molecular weight excluding hydrogens is 204 g/mol. The third-order valence-electron chi connectivity index (χ3n) is 1.96. The molecule has 0 radical (unpaired) electrons. The van der Waals surface area contributed by atoms with E-state index in [4.69, 9.17) is 4.74 Å². The smallest absolute Gasteiger partial charge is 0.321 e. The molecule has 1 N–H and O–H groups in total. The first-order chi connectivity index (χ1) is 7.67. The zero-order valence-electron chi connectivity index (χ0n) is 10.4. The van der Waals surface area contributed by atoms with Crippen molar-refractivity contribution in [2.45, 2.75) is 40.0 Å². The van der Waals surface area contributed by atoms with Crippen molar-refractivity contribution in [2.75, 3.05) is 18.5 Å². The Morgan fingerprint density at radius 1 is 1.19 bits per heavy atom. The Bertz CT molecular complexity index is 328. The van der Waals surface area contributed by atoms with Crippen LogP contribution in [-0.4, -0.2) is 28.1 Å². The second-order valence-corrected chi connectivity index (χ2v) is 3.81. The van der Waals surface area contributed by atoms with Crippen LogP contribution in [-0.2, 0) is 0 Å². The van der Waals surface area contributed by atoms with Gasteiger partial charge in [0, 0.05) is 12.5 Å².